The van der Waals surface area contributed by atoms with Crippen molar-refractivity contribution >= 4 is 39.3 Å². The zero-order valence-electron chi connectivity index (χ0n) is 4.63. The van der Waals surface area contributed by atoms with E-state index in [0.717, 1.165) is 0 Å². The largest absolute Gasteiger partial charge is 0.558 e. The minimum absolute atomic E-state index is 0.0736. The minimum atomic E-state index is -0.0736. The lowest BCUT2D eigenvalue weighted by Crippen LogP contribution is -2.19. The van der Waals surface area contributed by atoms with E-state index in [1.807, 2.05) is 19.4 Å². The summed E-state index contributed by atoms with van der Waals surface area (Å²) in [5, 5.41) is 0. The number of imidazole rings is 1. The van der Waals surface area contributed by atoms with Crippen LogP contribution in [0.15, 0.2) is 12.4 Å². The van der Waals surface area contributed by atoms with Gasteiger partial charge in [0.15, 0.2) is 0 Å². The van der Waals surface area contributed by atoms with Crippen LogP contribution in [0, 0.1) is 0 Å². The van der Waals surface area contributed by atoms with Gasteiger partial charge in [0, 0.05) is 19.4 Å². The first-order chi connectivity index (χ1) is 3.84. The maximum atomic E-state index is 4.15. The molecule has 0 N–H and O–H groups in total. The van der Waals surface area contributed by atoms with Crippen LogP contribution in [0.1, 0.15) is 0 Å². The molecule has 0 bridgehead atoms. The topological polar surface area (TPSA) is 17.8 Å². The zero-order valence-corrected chi connectivity index (χ0v) is 8.21. The SMILES string of the molecule is Cn1ccn[c]1[Mg][I]. The predicted octanol–water partition coefficient (Wildman–Crippen LogP) is 0.0996. The number of rotatable bonds is 1. The number of aryl methyl sites for hydroxylation is 1. The number of hydrogen-bond donors (Lipinski definition) is 0. The molecule has 0 aliphatic heterocycles. The Morgan fingerprint density at radius 3 is 2.88 bits per heavy atom. The van der Waals surface area contributed by atoms with Gasteiger partial charge in [-0.3, -0.25) is 23.8 Å². The lowest BCUT2D eigenvalue weighted by Gasteiger charge is -1.92. The highest BCUT2D eigenvalue weighted by Gasteiger charge is 1.97. The van der Waals surface area contributed by atoms with Crippen LogP contribution in [-0.2, 0) is 7.05 Å². The first-order valence-electron chi connectivity index (χ1n) is 2.36. The molecule has 1 rings (SSSR count). The van der Waals surface area contributed by atoms with Gasteiger partial charge in [-0.1, -0.05) is 0 Å². The number of hydrogen-bond acceptors (Lipinski definition) is 1. The number of aromatic nitrogens is 2. The van der Waals surface area contributed by atoms with Gasteiger partial charge in [0.2, 0.25) is 0 Å². The Hall–Kier alpha value is 0.706. The summed E-state index contributed by atoms with van der Waals surface area (Å²) in [5.41, 5.74) is 0. The Morgan fingerprint density at radius 1 is 1.88 bits per heavy atom. The van der Waals surface area contributed by atoms with Crippen LogP contribution in [0.2, 0.25) is 0 Å². The van der Waals surface area contributed by atoms with Crippen molar-refractivity contribution in [1.29, 1.82) is 0 Å². The van der Waals surface area contributed by atoms with Gasteiger partial charge in [-0.25, -0.2) is 0 Å². The molecule has 0 unspecified atom stereocenters. The van der Waals surface area contributed by atoms with Crippen molar-refractivity contribution in [1.82, 2.24) is 9.55 Å². The Balaban J connectivity index is 2.92. The summed E-state index contributed by atoms with van der Waals surface area (Å²) in [4.78, 5) is 4.15. The molecule has 0 saturated carbocycles. The van der Waals surface area contributed by atoms with Gasteiger partial charge >= 0.3 is 16.5 Å². The van der Waals surface area contributed by atoms with Gasteiger partial charge in [-0.2, -0.15) is 0 Å². The maximum Gasteiger partial charge on any atom is 0.558 e. The third-order valence-electron chi connectivity index (χ3n) is 1.04. The van der Waals surface area contributed by atoms with Gasteiger partial charge in [0.1, 0.15) is 0 Å². The summed E-state index contributed by atoms with van der Waals surface area (Å²) >= 11 is 2.36. The highest BCUT2D eigenvalue weighted by atomic mass is 127. The number of nitrogens with zero attached hydrogens (tertiary/aromatic N) is 2. The molecule has 0 spiro atoms. The second-order valence-corrected chi connectivity index (χ2v) is 4.78. The van der Waals surface area contributed by atoms with Crippen LogP contribution in [0.4, 0.5) is 0 Å². The Morgan fingerprint density at radius 2 is 2.62 bits per heavy atom. The van der Waals surface area contributed by atoms with Crippen molar-refractivity contribution in [2.45, 2.75) is 0 Å². The molecule has 4 heteroatoms. The molecule has 0 aliphatic rings. The van der Waals surface area contributed by atoms with Crippen molar-refractivity contribution in [2.75, 3.05) is 0 Å². The van der Waals surface area contributed by atoms with E-state index in [1.54, 1.807) is 0 Å². The van der Waals surface area contributed by atoms with E-state index < -0.39 is 0 Å². The molecule has 0 fully saturated rings. The van der Waals surface area contributed by atoms with Gasteiger partial charge in [0.25, 0.3) is 0 Å². The average Bonchev–Trinajstić information content (AvgIpc) is 2.14. The molecule has 8 heavy (non-hydrogen) atoms. The molecular formula is C4H5IMgN2. The molecule has 1 aromatic rings. The summed E-state index contributed by atoms with van der Waals surface area (Å²) in [7, 11) is 2.04. The summed E-state index contributed by atoms with van der Waals surface area (Å²) in [6.45, 7) is 0. The Labute approximate surface area is 67.8 Å². The highest BCUT2D eigenvalue weighted by Crippen LogP contribution is 1.79. The summed E-state index contributed by atoms with van der Waals surface area (Å²) in [6.07, 6.45) is 3.84. The average molecular weight is 232 g/mol. The van der Waals surface area contributed by atoms with Gasteiger partial charge < -0.3 is 4.57 Å². The fraction of sp³-hybridized carbons (Fsp3) is 0.250. The van der Waals surface area contributed by atoms with E-state index in [9.17, 15) is 0 Å². The predicted molar refractivity (Wildman–Crippen MR) is 42.6 cm³/mol. The van der Waals surface area contributed by atoms with Crippen LogP contribution in [0.3, 0.4) is 0 Å². The van der Waals surface area contributed by atoms with E-state index in [2.05, 4.69) is 28.4 Å². The van der Waals surface area contributed by atoms with E-state index in [0.29, 0.717) is 0 Å². The van der Waals surface area contributed by atoms with Crippen LogP contribution < -0.4 is 3.95 Å². The van der Waals surface area contributed by atoms with Crippen molar-refractivity contribution < 1.29 is 0 Å². The zero-order chi connectivity index (χ0) is 5.98. The second-order valence-electron chi connectivity index (χ2n) is 1.59. The quantitative estimate of drug-likeness (QED) is 0.496. The molecule has 0 aliphatic carbocycles. The lowest BCUT2D eigenvalue weighted by molar-refractivity contribution is 0.951. The first kappa shape index (κ1) is 6.82. The Kier molecular flexibility index (Phi) is 2.58. The second kappa shape index (κ2) is 3.02. The van der Waals surface area contributed by atoms with Gasteiger partial charge in [0.05, 0.1) is 0 Å². The van der Waals surface area contributed by atoms with E-state index >= 15 is 0 Å². The van der Waals surface area contributed by atoms with Crippen molar-refractivity contribution in [3.05, 3.63) is 12.4 Å². The molecule has 0 saturated heterocycles. The molecule has 0 atom stereocenters. The molecule has 40 valence electrons. The van der Waals surface area contributed by atoms with Crippen molar-refractivity contribution in [3.8, 4) is 0 Å². The maximum absolute atomic E-state index is 4.15. The monoisotopic (exact) mass is 232 g/mol. The molecule has 1 aromatic heterocycles. The van der Waals surface area contributed by atoms with E-state index in [1.165, 1.54) is 3.95 Å². The van der Waals surface area contributed by atoms with E-state index in [4.69, 9.17) is 0 Å². The van der Waals surface area contributed by atoms with Crippen LogP contribution >= 0.6 is 18.9 Å². The van der Waals surface area contributed by atoms with Crippen molar-refractivity contribution in [3.63, 3.8) is 0 Å². The highest BCUT2D eigenvalue weighted by molar-refractivity contribution is 14.1. The molecule has 0 aromatic carbocycles. The smallest absolute Gasteiger partial charge is 0.364 e. The molecular weight excluding hydrogens is 227 g/mol. The van der Waals surface area contributed by atoms with Crippen LogP contribution in [0.25, 0.3) is 0 Å². The van der Waals surface area contributed by atoms with Gasteiger partial charge in [-0.05, 0) is 3.95 Å². The first-order valence-corrected chi connectivity index (χ1v) is 8.18. The summed E-state index contributed by atoms with van der Waals surface area (Å²) < 4.78 is 3.35. The molecule has 1 heterocycles. The normalized spacial score (nSPS) is 8.75. The van der Waals surface area contributed by atoms with Crippen molar-refractivity contribution in [2.24, 2.45) is 7.05 Å². The molecule has 0 radical (unpaired) electrons. The summed E-state index contributed by atoms with van der Waals surface area (Å²) in [5.74, 6) is 0. The van der Waals surface area contributed by atoms with Crippen LogP contribution in [0.5, 0.6) is 0 Å². The molecule has 0 amide bonds. The fourth-order valence-corrected chi connectivity index (χ4v) is 3.20. The third-order valence-corrected chi connectivity index (χ3v) is 4.01. The fourth-order valence-electron chi connectivity index (χ4n) is 0.525. The van der Waals surface area contributed by atoms with Crippen LogP contribution in [-0.4, -0.2) is 26.0 Å². The molecule has 2 nitrogen and oxygen atoms in total. The number of halogens is 1. The lowest BCUT2D eigenvalue weighted by atomic mass is 10.9. The summed E-state index contributed by atoms with van der Waals surface area (Å²) in [6, 6.07) is 0. The minimum Gasteiger partial charge on any atom is -0.364 e. The standard InChI is InChI=1S/C4H5N2.HI.Mg/c1-6-3-2-5-4-6;;/h2-3H,1H3;1H;/q;;+1/p-1. The Bertz CT molecular complexity index is 174. The van der Waals surface area contributed by atoms with Gasteiger partial charge in [-0.15, -0.1) is 0 Å². The third kappa shape index (κ3) is 1.35. The van der Waals surface area contributed by atoms with E-state index in [-0.39, 0.29) is 16.5 Å².